The number of rotatable bonds is 6. The number of ether oxygens (including phenoxy) is 2. The average Bonchev–Trinajstić information content (AvgIpc) is 2.79. The lowest BCUT2D eigenvalue weighted by molar-refractivity contribution is 0.477. The summed E-state index contributed by atoms with van der Waals surface area (Å²) in [7, 11) is 0. The molecule has 0 unspecified atom stereocenters. The van der Waals surface area contributed by atoms with Gasteiger partial charge < -0.3 is 9.47 Å². The Morgan fingerprint density at radius 3 is 1.38 bits per heavy atom. The number of azo groups is 1. The molecule has 0 aliphatic carbocycles. The van der Waals surface area contributed by atoms with E-state index < -0.39 is 0 Å². The first kappa shape index (κ1) is 24.7. The molecule has 34 heavy (non-hydrogen) atoms. The summed E-state index contributed by atoms with van der Waals surface area (Å²) in [6.07, 6.45) is 0. The van der Waals surface area contributed by atoms with Crippen molar-refractivity contribution in [3.05, 3.63) is 103 Å². The number of halogens is 4. The lowest BCUT2D eigenvalue weighted by atomic mass is 10.2. The summed E-state index contributed by atoms with van der Waals surface area (Å²) in [6, 6.07) is 22.1. The second kappa shape index (κ2) is 10.9. The Morgan fingerprint density at radius 2 is 0.971 bits per heavy atom. The first-order chi connectivity index (χ1) is 16.3. The van der Waals surface area contributed by atoms with Crippen LogP contribution in [0, 0.1) is 13.8 Å². The zero-order valence-corrected chi connectivity index (χ0v) is 22.8. The molecule has 0 N–H and O–H groups in total. The van der Waals surface area contributed by atoms with Gasteiger partial charge in [0.2, 0.25) is 0 Å². The highest BCUT2D eigenvalue weighted by Crippen LogP contribution is 2.40. The summed E-state index contributed by atoms with van der Waals surface area (Å²) in [6.45, 7) is 3.90. The summed E-state index contributed by atoms with van der Waals surface area (Å²) < 4.78 is 14.0. The number of hydrogen-bond acceptors (Lipinski definition) is 4. The first-order valence-corrected chi connectivity index (χ1v) is 12.5. The number of aryl methyl sites for hydroxylation is 2. The summed E-state index contributed by atoms with van der Waals surface area (Å²) in [5.74, 6) is 2.36. The van der Waals surface area contributed by atoms with Gasteiger partial charge in [0, 0.05) is 19.0 Å². The predicted octanol–water partition coefficient (Wildman–Crippen LogP) is 11.1. The fourth-order valence-corrected chi connectivity index (χ4v) is 4.02. The number of benzene rings is 4. The molecule has 0 bridgehead atoms. The maximum atomic E-state index is 6.16. The van der Waals surface area contributed by atoms with Gasteiger partial charge in [-0.05, 0) is 85.6 Å². The van der Waals surface area contributed by atoms with E-state index >= 15 is 0 Å². The van der Waals surface area contributed by atoms with Crippen molar-refractivity contribution in [2.75, 3.05) is 0 Å². The Bertz CT molecular complexity index is 1290. The average molecular weight is 621 g/mol. The smallest absolute Gasteiger partial charge is 0.156 e. The lowest BCUT2D eigenvalue weighted by Crippen LogP contribution is -1.89. The van der Waals surface area contributed by atoms with Gasteiger partial charge in [-0.2, -0.15) is 0 Å². The minimum Gasteiger partial charge on any atom is -0.455 e. The van der Waals surface area contributed by atoms with E-state index in [1.54, 1.807) is 12.1 Å². The molecule has 0 aliphatic rings. The Kier molecular flexibility index (Phi) is 7.94. The standard InChI is InChI=1S/C26H18Br2Cl2N2O2/c1-15-3-7-19(29)13-23(15)33-25-11-17(27)5-9-21(25)31-32-22-10-6-18(28)12-26(22)34-24-14-20(30)8-4-16(24)2/h3-14H,1-2H3. The minimum atomic E-state index is 0.536. The van der Waals surface area contributed by atoms with E-state index in [1.165, 1.54) is 0 Å². The molecule has 4 nitrogen and oxygen atoms in total. The summed E-state index contributed by atoms with van der Waals surface area (Å²) in [5, 5.41) is 10.1. The summed E-state index contributed by atoms with van der Waals surface area (Å²) in [5.41, 5.74) is 3.01. The van der Waals surface area contributed by atoms with Gasteiger partial charge in [-0.25, -0.2) is 0 Å². The molecule has 0 aromatic heterocycles. The zero-order chi connectivity index (χ0) is 24.2. The number of hydrogen-bond donors (Lipinski definition) is 0. The molecular weight excluding hydrogens is 603 g/mol. The second-order valence-corrected chi connectivity index (χ2v) is 10.2. The van der Waals surface area contributed by atoms with Crippen molar-refractivity contribution in [2.45, 2.75) is 13.8 Å². The van der Waals surface area contributed by atoms with Gasteiger partial charge in [0.1, 0.15) is 22.9 Å². The minimum absolute atomic E-state index is 0.536. The Morgan fingerprint density at radius 1 is 0.559 bits per heavy atom. The van der Waals surface area contributed by atoms with Gasteiger partial charge in [0.25, 0.3) is 0 Å². The molecule has 0 spiro atoms. The highest BCUT2D eigenvalue weighted by atomic mass is 79.9. The van der Waals surface area contributed by atoms with E-state index in [0.29, 0.717) is 44.4 Å². The molecule has 0 amide bonds. The number of nitrogens with zero attached hydrogens (tertiary/aromatic N) is 2. The van der Waals surface area contributed by atoms with E-state index in [-0.39, 0.29) is 0 Å². The SMILES string of the molecule is Cc1ccc(Cl)cc1Oc1cc(Br)ccc1N=Nc1ccc(Br)cc1Oc1cc(Cl)ccc1C. The molecule has 0 fully saturated rings. The topological polar surface area (TPSA) is 43.2 Å². The van der Waals surface area contributed by atoms with Crippen molar-refractivity contribution in [1.82, 2.24) is 0 Å². The molecule has 0 saturated carbocycles. The molecule has 8 heteroatoms. The lowest BCUT2D eigenvalue weighted by Gasteiger charge is -2.12. The largest absolute Gasteiger partial charge is 0.455 e. The van der Waals surface area contributed by atoms with Crippen LogP contribution in [0.5, 0.6) is 23.0 Å². The monoisotopic (exact) mass is 618 g/mol. The van der Waals surface area contributed by atoms with Crippen LogP contribution in [-0.4, -0.2) is 0 Å². The zero-order valence-electron chi connectivity index (χ0n) is 18.2. The van der Waals surface area contributed by atoms with E-state index in [0.717, 1.165) is 20.1 Å². The third-order valence-corrected chi connectivity index (χ3v) is 6.31. The van der Waals surface area contributed by atoms with Crippen molar-refractivity contribution in [1.29, 1.82) is 0 Å². The van der Waals surface area contributed by atoms with Crippen molar-refractivity contribution in [3.8, 4) is 23.0 Å². The normalized spacial score (nSPS) is 11.1. The van der Waals surface area contributed by atoms with Crippen LogP contribution in [0.25, 0.3) is 0 Å². The van der Waals surface area contributed by atoms with Crippen LogP contribution < -0.4 is 9.47 Å². The fourth-order valence-electron chi connectivity index (χ4n) is 3.02. The molecule has 0 radical (unpaired) electrons. The Labute approximate surface area is 224 Å². The molecule has 4 aromatic carbocycles. The molecule has 4 aromatic rings. The van der Waals surface area contributed by atoms with Crippen LogP contribution in [0.3, 0.4) is 0 Å². The van der Waals surface area contributed by atoms with Crippen LogP contribution >= 0.6 is 55.1 Å². The molecule has 0 aliphatic heterocycles. The molecule has 172 valence electrons. The maximum absolute atomic E-state index is 6.16. The van der Waals surface area contributed by atoms with Crippen LogP contribution in [0.2, 0.25) is 10.0 Å². The van der Waals surface area contributed by atoms with Gasteiger partial charge >= 0.3 is 0 Å². The van der Waals surface area contributed by atoms with Crippen LogP contribution in [0.15, 0.2) is 92.0 Å². The van der Waals surface area contributed by atoms with Crippen molar-refractivity contribution < 1.29 is 9.47 Å². The van der Waals surface area contributed by atoms with Crippen LogP contribution in [0.1, 0.15) is 11.1 Å². The van der Waals surface area contributed by atoms with E-state index in [2.05, 4.69) is 42.1 Å². The molecule has 4 rings (SSSR count). The van der Waals surface area contributed by atoms with E-state index in [1.807, 2.05) is 74.5 Å². The third-order valence-electron chi connectivity index (χ3n) is 4.85. The second-order valence-electron chi connectivity index (χ2n) is 7.45. The van der Waals surface area contributed by atoms with Crippen molar-refractivity contribution in [2.24, 2.45) is 10.2 Å². The molecular formula is C26H18Br2Cl2N2O2. The third kappa shape index (κ3) is 6.19. The van der Waals surface area contributed by atoms with Crippen molar-refractivity contribution >= 4 is 66.4 Å². The highest BCUT2D eigenvalue weighted by Gasteiger charge is 2.11. The van der Waals surface area contributed by atoms with Gasteiger partial charge in [-0.3, -0.25) is 0 Å². The first-order valence-electron chi connectivity index (χ1n) is 10.2. The van der Waals surface area contributed by atoms with Crippen LogP contribution in [-0.2, 0) is 0 Å². The molecule has 0 atom stereocenters. The quantitative estimate of drug-likeness (QED) is 0.201. The maximum Gasteiger partial charge on any atom is 0.156 e. The highest BCUT2D eigenvalue weighted by molar-refractivity contribution is 9.10. The molecule has 0 heterocycles. The van der Waals surface area contributed by atoms with Gasteiger partial charge in [0.15, 0.2) is 11.5 Å². The predicted molar refractivity (Wildman–Crippen MR) is 145 cm³/mol. The van der Waals surface area contributed by atoms with Gasteiger partial charge in [0.05, 0.1) is 0 Å². The molecule has 0 saturated heterocycles. The fraction of sp³-hybridized carbons (Fsp3) is 0.0769. The van der Waals surface area contributed by atoms with Crippen molar-refractivity contribution in [3.63, 3.8) is 0 Å². The summed E-state index contributed by atoms with van der Waals surface area (Å²) >= 11 is 19.3. The Balaban J connectivity index is 1.68. The van der Waals surface area contributed by atoms with E-state index in [9.17, 15) is 0 Å². The van der Waals surface area contributed by atoms with Crippen LogP contribution in [0.4, 0.5) is 11.4 Å². The van der Waals surface area contributed by atoms with Gasteiger partial charge in [-0.15, -0.1) is 10.2 Å². The Hall–Kier alpha value is -2.38. The van der Waals surface area contributed by atoms with Gasteiger partial charge in [-0.1, -0.05) is 67.2 Å². The summed E-state index contributed by atoms with van der Waals surface area (Å²) in [4.78, 5) is 0. The van der Waals surface area contributed by atoms with E-state index in [4.69, 9.17) is 32.7 Å².